The van der Waals surface area contributed by atoms with Crippen LogP contribution in [-0.4, -0.2) is 34.4 Å². The first-order valence-corrected chi connectivity index (χ1v) is 8.70. The monoisotopic (exact) mass is 297 g/mol. The largest absolute Gasteiger partial charge is 0.493 e. The molecule has 1 aromatic heterocycles. The molecule has 1 aliphatic rings. The smallest absolute Gasteiger partial charge is 0.161 e. The highest BCUT2D eigenvalue weighted by molar-refractivity contribution is 8.00. The van der Waals surface area contributed by atoms with Gasteiger partial charge in [-0.1, -0.05) is 6.92 Å². The molecule has 0 bridgehead atoms. The average Bonchev–Trinajstić information content (AvgIpc) is 3.08. The van der Waals surface area contributed by atoms with Crippen LogP contribution < -0.4 is 10.1 Å². The zero-order chi connectivity index (χ0) is 14.5. The molecule has 2 rings (SSSR count). The Labute approximate surface area is 126 Å². The van der Waals surface area contributed by atoms with Crippen molar-refractivity contribution in [3.8, 4) is 5.75 Å². The Morgan fingerprint density at radius 1 is 1.55 bits per heavy atom. The number of nitrogens with one attached hydrogen (secondary N) is 1. The molecule has 1 fully saturated rings. The van der Waals surface area contributed by atoms with E-state index >= 15 is 0 Å². The van der Waals surface area contributed by atoms with E-state index in [1.807, 2.05) is 6.20 Å². The molecule has 1 aromatic rings. The predicted molar refractivity (Wildman–Crippen MR) is 85.7 cm³/mol. The Kier molecular flexibility index (Phi) is 5.78. The van der Waals surface area contributed by atoms with Crippen LogP contribution in [-0.2, 0) is 0 Å². The Morgan fingerprint density at radius 2 is 2.35 bits per heavy atom. The first-order chi connectivity index (χ1) is 9.69. The van der Waals surface area contributed by atoms with Gasteiger partial charge in [-0.25, -0.2) is 0 Å². The van der Waals surface area contributed by atoms with Gasteiger partial charge in [0.05, 0.1) is 25.0 Å². The van der Waals surface area contributed by atoms with Crippen LogP contribution in [0.1, 0.15) is 57.8 Å². The highest BCUT2D eigenvalue weighted by Gasteiger charge is 2.32. The third-order valence-corrected chi connectivity index (χ3v) is 5.21. The maximum absolute atomic E-state index is 5.56. The van der Waals surface area contributed by atoms with Gasteiger partial charge in [-0.3, -0.25) is 4.68 Å². The van der Waals surface area contributed by atoms with E-state index < -0.39 is 0 Å². The van der Waals surface area contributed by atoms with Gasteiger partial charge in [0.1, 0.15) is 0 Å². The van der Waals surface area contributed by atoms with E-state index in [0.29, 0.717) is 17.3 Å². The van der Waals surface area contributed by atoms with Crippen LogP contribution in [0.15, 0.2) is 6.20 Å². The first kappa shape index (κ1) is 15.7. The molecule has 2 heterocycles. The van der Waals surface area contributed by atoms with Crippen molar-refractivity contribution < 1.29 is 4.74 Å². The minimum Gasteiger partial charge on any atom is -0.493 e. The normalized spacial score (nSPS) is 20.6. The fourth-order valence-electron chi connectivity index (χ4n) is 2.79. The number of rotatable bonds is 7. The summed E-state index contributed by atoms with van der Waals surface area (Å²) in [5.74, 6) is 2.19. The second kappa shape index (κ2) is 7.36. The molecule has 0 aliphatic carbocycles. The van der Waals surface area contributed by atoms with Gasteiger partial charge in [0, 0.05) is 11.3 Å². The van der Waals surface area contributed by atoms with Crippen molar-refractivity contribution in [3.05, 3.63) is 11.9 Å². The molecule has 4 nitrogen and oxygen atoms in total. The Balaban J connectivity index is 2.32. The molecule has 0 saturated carbocycles. The minimum atomic E-state index is 0.335. The van der Waals surface area contributed by atoms with Gasteiger partial charge >= 0.3 is 0 Å². The van der Waals surface area contributed by atoms with Crippen LogP contribution in [0.4, 0.5) is 0 Å². The second-order valence-electron chi connectivity index (χ2n) is 5.62. The van der Waals surface area contributed by atoms with E-state index in [1.165, 1.54) is 24.3 Å². The predicted octanol–water partition coefficient (Wildman–Crippen LogP) is 3.41. The molecule has 1 N–H and O–H groups in total. The van der Waals surface area contributed by atoms with Gasteiger partial charge in [0.2, 0.25) is 0 Å². The van der Waals surface area contributed by atoms with Crippen molar-refractivity contribution >= 4 is 11.8 Å². The summed E-state index contributed by atoms with van der Waals surface area (Å²) in [5, 5.41) is 8.88. The lowest BCUT2D eigenvalue weighted by atomic mass is 10.0. The molecule has 1 saturated heterocycles. The third-order valence-electron chi connectivity index (χ3n) is 3.75. The Bertz CT molecular complexity index is 413. The summed E-state index contributed by atoms with van der Waals surface area (Å²) in [6.45, 7) is 7.60. The molecule has 0 spiro atoms. The van der Waals surface area contributed by atoms with Crippen molar-refractivity contribution in [2.24, 2.45) is 0 Å². The van der Waals surface area contributed by atoms with Crippen molar-refractivity contribution in [1.29, 1.82) is 0 Å². The van der Waals surface area contributed by atoms with Gasteiger partial charge in [-0.15, -0.1) is 0 Å². The molecular weight excluding hydrogens is 270 g/mol. The SMILES string of the molecule is CCCNC(c1c(OC)cnn1C(C)C)C1CCCS1. The van der Waals surface area contributed by atoms with Crippen LogP contribution in [0, 0.1) is 0 Å². The lowest BCUT2D eigenvalue weighted by Crippen LogP contribution is -2.32. The fraction of sp³-hybridized carbons (Fsp3) is 0.800. The lowest BCUT2D eigenvalue weighted by molar-refractivity contribution is 0.378. The molecule has 1 aliphatic heterocycles. The van der Waals surface area contributed by atoms with Gasteiger partial charge in [-0.2, -0.15) is 16.9 Å². The van der Waals surface area contributed by atoms with Crippen LogP contribution in [0.5, 0.6) is 5.75 Å². The van der Waals surface area contributed by atoms with Crippen molar-refractivity contribution in [2.75, 3.05) is 19.4 Å². The standard InChI is InChI=1S/C15H27N3OS/c1-5-8-16-14(13-7-6-9-20-13)15-12(19-4)10-17-18(15)11(2)3/h10-11,13-14,16H,5-9H2,1-4H3. The maximum atomic E-state index is 5.56. The van der Waals surface area contributed by atoms with E-state index in [2.05, 4.69) is 47.6 Å². The summed E-state index contributed by atoms with van der Waals surface area (Å²) >= 11 is 2.08. The van der Waals surface area contributed by atoms with Crippen molar-refractivity contribution in [3.63, 3.8) is 0 Å². The van der Waals surface area contributed by atoms with E-state index in [4.69, 9.17) is 4.74 Å². The minimum absolute atomic E-state index is 0.335. The molecule has 0 aromatic carbocycles. The van der Waals surface area contributed by atoms with Gasteiger partial charge in [0.25, 0.3) is 0 Å². The van der Waals surface area contributed by atoms with E-state index in [-0.39, 0.29) is 0 Å². The van der Waals surface area contributed by atoms with Gasteiger partial charge in [-0.05, 0) is 45.4 Å². The van der Waals surface area contributed by atoms with Crippen LogP contribution >= 0.6 is 11.8 Å². The number of aromatic nitrogens is 2. The number of nitrogens with zero attached hydrogens (tertiary/aromatic N) is 2. The van der Waals surface area contributed by atoms with E-state index in [9.17, 15) is 0 Å². The third kappa shape index (κ3) is 3.31. The highest BCUT2D eigenvalue weighted by Crippen LogP contribution is 2.39. The molecule has 2 atom stereocenters. The molecule has 2 unspecified atom stereocenters. The molecule has 0 radical (unpaired) electrons. The zero-order valence-corrected chi connectivity index (χ0v) is 13.9. The topological polar surface area (TPSA) is 39.1 Å². The molecule has 20 heavy (non-hydrogen) atoms. The van der Waals surface area contributed by atoms with E-state index in [1.54, 1.807) is 7.11 Å². The summed E-state index contributed by atoms with van der Waals surface area (Å²) in [4.78, 5) is 0. The summed E-state index contributed by atoms with van der Waals surface area (Å²) in [6, 6.07) is 0.688. The van der Waals surface area contributed by atoms with Gasteiger partial charge < -0.3 is 10.1 Å². The lowest BCUT2D eigenvalue weighted by Gasteiger charge is -2.27. The number of methoxy groups -OCH3 is 1. The molecule has 5 heteroatoms. The van der Waals surface area contributed by atoms with Crippen molar-refractivity contribution in [1.82, 2.24) is 15.1 Å². The van der Waals surface area contributed by atoms with Crippen LogP contribution in [0.2, 0.25) is 0 Å². The fourth-order valence-corrected chi connectivity index (χ4v) is 4.18. The van der Waals surface area contributed by atoms with E-state index in [0.717, 1.165) is 18.7 Å². The summed E-state index contributed by atoms with van der Waals surface area (Å²) < 4.78 is 7.68. The second-order valence-corrected chi connectivity index (χ2v) is 6.97. The molecule has 0 amide bonds. The number of thioether (sulfide) groups is 1. The Morgan fingerprint density at radius 3 is 2.90 bits per heavy atom. The zero-order valence-electron chi connectivity index (χ0n) is 13.1. The summed E-state index contributed by atoms with van der Waals surface area (Å²) in [7, 11) is 1.74. The summed E-state index contributed by atoms with van der Waals surface area (Å²) in [6.07, 6.45) is 5.60. The quantitative estimate of drug-likeness (QED) is 0.837. The van der Waals surface area contributed by atoms with Crippen molar-refractivity contribution in [2.45, 2.75) is 57.4 Å². The maximum Gasteiger partial charge on any atom is 0.161 e. The Hall–Kier alpha value is -0.680. The number of hydrogen-bond acceptors (Lipinski definition) is 4. The molecular formula is C15H27N3OS. The number of ether oxygens (including phenoxy) is 1. The average molecular weight is 297 g/mol. The summed E-state index contributed by atoms with van der Waals surface area (Å²) in [5.41, 5.74) is 1.22. The number of hydrogen-bond donors (Lipinski definition) is 1. The molecule has 114 valence electrons. The van der Waals surface area contributed by atoms with Gasteiger partial charge in [0.15, 0.2) is 5.75 Å². The first-order valence-electron chi connectivity index (χ1n) is 7.65. The van der Waals surface area contributed by atoms with Crippen LogP contribution in [0.3, 0.4) is 0 Å². The van der Waals surface area contributed by atoms with Crippen LogP contribution in [0.25, 0.3) is 0 Å². The highest BCUT2D eigenvalue weighted by atomic mass is 32.2.